The van der Waals surface area contributed by atoms with Gasteiger partial charge in [-0.2, -0.15) is 0 Å². The van der Waals surface area contributed by atoms with Crippen molar-refractivity contribution in [1.82, 2.24) is 20.0 Å². The first kappa shape index (κ1) is 25.5. The maximum Gasteiger partial charge on any atom is 0.337 e. The first-order valence-electron chi connectivity index (χ1n) is 12.9. The van der Waals surface area contributed by atoms with Gasteiger partial charge in [0.05, 0.1) is 35.0 Å². The zero-order chi connectivity index (χ0) is 27.6. The maximum absolute atomic E-state index is 13.4. The minimum absolute atomic E-state index is 0.0662. The molecule has 0 spiro atoms. The number of carbonyl (C=O) groups is 2. The SMILES string of the molecule is O=C(c1ccc(-n2nncc2-c2ccccc2)c(C(=O)O)c1)c1ccc(N(CC2CC2)c2ccc(Cl)cc2)cn1. The van der Waals surface area contributed by atoms with Crippen LogP contribution >= 0.6 is 11.6 Å². The van der Waals surface area contributed by atoms with Gasteiger partial charge in [0, 0.05) is 28.4 Å². The van der Waals surface area contributed by atoms with E-state index < -0.39 is 5.97 Å². The van der Waals surface area contributed by atoms with Crippen LogP contribution in [-0.2, 0) is 0 Å². The number of hydrogen-bond acceptors (Lipinski definition) is 6. The molecule has 1 saturated carbocycles. The van der Waals surface area contributed by atoms with Crippen LogP contribution in [-0.4, -0.2) is 43.4 Å². The summed E-state index contributed by atoms with van der Waals surface area (Å²) in [6, 6.07) is 25.1. The smallest absolute Gasteiger partial charge is 0.337 e. The maximum atomic E-state index is 13.4. The molecule has 5 aromatic rings. The second-order valence-corrected chi connectivity index (χ2v) is 10.1. The van der Waals surface area contributed by atoms with Crippen molar-refractivity contribution < 1.29 is 14.7 Å². The molecule has 0 bridgehead atoms. The van der Waals surface area contributed by atoms with Crippen molar-refractivity contribution >= 4 is 34.7 Å². The summed E-state index contributed by atoms with van der Waals surface area (Å²) >= 11 is 6.09. The Morgan fingerprint density at radius 2 is 1.68 bits per heavy atom. The molecule has 0 saturated heterocycles. The third-order valence-corrected chi connectivity index (χ3v) is 7.16. The van der Waals surface area contributed by atoms with Crippen LogP contribution in [0.2, 0.25) is 5.02 Å². The number of hydrogen-bond donors (Lipinski definition) is 1. The molecule has 0 atom stereocenters. The molecule has 198 valence electrons. The number of anilines is 2. The number of benzene rings is 3. The number of aromatic carboxylic acids is 1. The highest BCUT2D eigenvalue weighted by Crippen LogP contribution is 2.35. The Kier molecular flexibility index (Phi) is 6.84. The number of halogens is 1. The van der Waals surface area contributed by atoms with Crippen LogP contribution in [0.25, 0.3) is 16.9 Å². The molecule has 8 nitrogen and oxygen atoms in total. The molecular weight excluding hydrogens is 526 g/mol. The fourth-order valence-corrected chi connectivity index (χ4v) is 4.75. The lowest BCUT2D eigenvalue weighted by molar-refractivity contribution is 0.0696. The topological polar surface area (TPSA) is 101 Å². The van der Waals surface area contributed by atoms with E-state index in [4.69, 9.17) is 11.6 Å². The normalized spacial score (nSPS) is 12.7. The molecule has 1 aliphatic carbocycles. The molecule has 1 aliphatic rings. The van der Waals surface area contributed by atoms with E-state index in [0.29, 0.717) is 22.3 Å². The van der Waals surface area contributed by atoms with Crippen molar-refractivity contribution in [3.05, 3.63) is 119 Å². The highest BCUT2D eigenvalue weighted by atomic mass is 35.5. The minimum atomic E-state index is -1.18. The van der Waals surface area contributed by atoms with Gasteiger partial charge in [-0.3, -0.25) is 9.78 Å². The van der Waals surface area contributed by atoms with Gasteiger partial charge in [-0.05, 0) is 73.4 Å². The summed E-state index contributed by atoms with van der Waals surface area (Å²) in [7, 11) is 0. The van der Waals surface area contributed by atoms with E-state index in [1.807, 2.05) is 60.7 Å². The summed E-state index contributed by atoms with van der Waals surface area (Å²) in [5, 5.41) is 18.8. The highest BCUT2D eigenvalue weighted by molar-refractivity contribution is 6.30. The third kappa shape index (κ3) is 5.21. The predicted molar refractivity (Wildman–Crippen MR) is 153 cm³/mol. The molecule has 0 amide bonds. The van der Waals surface area contributed by atoms with E-state index in [1.165, 1.54) is 23.6 Å². The van der Waals surface area contributed by atoms with Crippen LogP contribution < -0.4 is 4.90 Å². The van der Waals surface area contributed by atoms with Crippen molar-refractivity contribution in [2.75, 3.05) is 11.4 Å². The molecule has 1 fully saturated rings. The van der Waals surface area contributed by atoms with Crippen molar-refractivity contribution in [3.63, 3.8) is 0 Å². The van der Waals surface area contributed by atoms with Gasteiger partial charge in [0.15, 0.2) is 0 Å². The van der Waals surface area contributed by atoms with Crippen molar-refractivity contribution in [3.8, 4) is 16.9 Å². The number of pyridine rings is 1. The molecule has 0 radical (unpaired) electrons. The Labute approximate surface area is 235 Å². The fraction of sp³-hybridized carbons (Fsp3) is 0.129. The van der Waals surface area contributed by atoms with Gasteiger partial charge in [0.2, 0.25) is 5.78 Å². The Morgan fingerprint density at radius 3 is 2.35 bits per heavy atom. The van der Waals surface area contributed by atoms with Gasteiger partial charge in [0.25, 0.3) is 0 Å². The molecule has 6 rings (SSSR count). The number of nitrogens with zero attached hydrogens (tertiary/aromatic N) is 5. The lowest BCUT2D eigenvalue weighted by Gasteiger charge is -2.25. The second-order valence-electron chi connectivity index (χ2n) is 9.70. The monoisotopic (exact) mass is 549 g/mol. The van der Waals surface area contributed by atoms with E-state index in [-0.39, 0.29) is 22.6 Å². The van der Waals surface area contributed by atoms with E-state index in [1.54, 1.807) is 30.6 Å². The molecule has 40 heavy (non-hydrogen) atoms. The summed E-state index contributed by atoms with van der Waals surface area (Å²) in [6.07, 6.45) is 5.63. The average Bonchev–Trinajstić information content (AvgIpc) is 3.68. The molecule has 9 heteroatoms. The Morgan fingerprint density at radius 1 is 0.925 bits per heavy atom. The summed E-state index contributed by atoms with van der Waals surface area (Å²) in [6.45, 7) is 0.854. The zero-order valence-corrected chi connectivity index (χ0v) is 22.1. The number of carboxylic acid groups (broad SMARTS) is 1. The number of ketones is 1. The van der Waals surface area contributed by atoms with Gasteiger partial charge in [-0.25, -0.2) is 9.48 Å². The Balaban J connectivity index is 1.29. The summed E-state index contributed by atoms with van der Waals surface area (Å²) < 4.78 is 1.46. The number of aromatic nitrogens is 4. The van der Waals surface area contributed by atoms with Gasteiger partial charge < -0.3 is 10.0 Å². The molecule has 2 heterocycles. The van der Waals surface area contributed by atoms with E-state index in [2.05, 4.69) is 20.2 Å². The van der Waals surface area contributed by atoms with E-state index >= 15 is 0 Å². The number of carbonyl (C=O) groups excluding carboxylic acids is 1. The quantitative estimate of drug-likeness (QED) is 0.210. The number of rotatable bonds is 9. The summed E-state index contributed by atoms with van der Waals surface area (Å²) in [4.78, 5) is 32.2. The van der Waals surface area contributed by atoms with Gasteiger partial charge in [-0.1, -0.05) is 47.1 Å². The zero-order valence-electron chi connectivity index (χ0n) is 21.3. The number of carboxylic acids is 1. The third-order valence-electron chi connectivity index (χ3n) is 6.90. The minimum Gasteiger partial charge on any atom is -0.478 e. The Hall–Kier alpha value is -4.82. The van der Waals surface area contributed by atoms with Crippen LogP contribution in [0.1, 0.15) is 39.3 Å². The first-order valence-corrected chi connectivity index (χ1v) is 13.2. The lowest BCUT2D eigenvalue weighted by atomic mass is 10.0. The van der Waals surface area contributed by atoms with Gasteiger partial charge >= 0.3 is 5.97 Å². The average molecular weight is 550 g/mol. The highest BCUT2D eigenvalue weighted by Gasteiger charge is 2.26. The van der Waals surface area contributed by atoms with Crippen LogP contribution in [0.4, 0.5) is 11.4 Å². The molecule has 1 N–H and O–H groups in total. The molecule has 2 aromatic heterocycles. The van der Waals surface area contributed by atoms with Crippen LogP contribution in [0, 0.1) is 5.92 Å². The van der Waals surface area contributed by atoms with Crippen LogP contribution in [0.3, 0.4) is 0 Å². The van der Waals surface area contributed by atoms with E-state index in [0.717, 1.165) is 23.5 Å². The molecule has 0 aliphatic heterocycles. The Bertz CT molecular complexity index is 1680. The molecule has 0 unspecified atom stereocenters. The summed E-state index contributed by atoms with van der Waals surface area (Å²) in [5.41, 5.74) is 4.02. The summed E-state index contributed by atoms with van der Waals surface area (Å²) in [5.74, 6) is -0.929. The molecule has 3 aromatic carbocycles. The fourth-order valence-electron chi connectivity index (χ4n) is 4.62. The predicted octanol–water partition coefficient (Wildman–Crippen LogP) is 6.46. The molecular formula is C31H24ClN5O3. The van der Waals surface area contributed by atoms with E-state index in [9.17, 15) is 14.7 Å². The lowest BCUT2D eigenvalue weighted by Crippen LogP contribution is -2.20. The second kappa shape index (κ2) is 10.7. The first-order chi connectivity index (χ1) is 19.5. The van der Waals surface area contributed by atoms with Gasteiger partial charge in [0.1, 0.15) is 5.69 Å². The standard InChI is InChI=1S/C31H24ClN5O3/c32-23-9-11-24(12-10-23)36(19-20-6-7-20)25-13-14-27(33-17-25)30(38)22-8-15-28(26(16-22)31(39)40)37-29(18-34-35-37)21-4-2-1-3-5-21/h1-5,8-18,20H,6-7,19H2,(H,39,40). The van der Waals surface area contributed by atoms with Crippen molar-refractivity contribution in [1.29, 1.82) is 0 Å². The largest absolute Gasteiger partial charge is 0.478 e. The van der Waals surface area contributed by atoms with Crippen molar-refractivity contribution in [2.24, 2.45) is 5.92 Å². The van der Waals surface area contributed by atoms with Crippen LogP contribution in [0.5, 0.6) is 0 Å². The van der Waals surface area contributed by atoms with Crippen molar-refractivity contribution in [2.45, 2.75) is 12.8 Å². The van der Waals surface area contributed by atoms with Gasteiger partial charge in [-0.15, -0.1) is 5.10 Å². The van der Waals surface area contributed by atoms with Crippen LogP contribution in [0.15, 0.2) is 97.3 Å².